The lowest BCUT2D eigenvalue weighted by molar-refractivity contribution is 0.745. The zero-order valence-corrected chi connectivity index (χ0v) is 33.5. The molecule has 0 bridgehead atoms. The molecule has 3 aliphatic carbocycles. The third kappa shape index (κ3) is 4.85. The predicted octanol–water partition coefficient (Wildman–Crippen LogP) is 15.0. The molecule has 1 aliphatic heterocycles. The average molecular weight is 777 g/mol. The van der Waals surface area contributed by atoms with Gasteiger partial charge in [0.05, 0.1) is 11.5 Å². The van der Waals surface area contributed by atoms with Crippen molar-refractivity contribution in [2.75, 3.05) is 9.80 Å². The number of fused-ring (bicyclic) bond motifs is 15. The van der Waals surface area contributed by atoms with Gasteiger partial charge in [0.15, 0.2) is 0 Å². The Morgan fingerprint density at radius 1 is 0.426 bits per heavy atom. The molecule has 0 saturated carbocycles. The second-order valence-corrected chi connectivity index (χ2v) is 16.8. The highest BCUT2D eigenvalue weighted by atomic mass is 15.2. The molecule has 9 aromatic carbocycles. The molecule has 13 rings (SSSR count). The van der Waals surface area contributed by atoms with Crippen LogP contribution in [0, 0.1) is 0 Å². The predicted molar refractivity (Wildman–Crippen MR) is 254 cm³/mol. The Kier molecular flexibility index (Phi) is 7.38. The van der Waals surface area contributed by atoms with Gasteiger partial charge in [-0.15, -0.1) is 0 Å². The number of rotatable bonds is 5. The van der Waals surface area contributed by atoms with E-state index >= 15 is 0 Å². The lowest BCUT2D eigenvalue weighted by Gasteiger charge is -2.32. The topological polar surface area (TPSA) is 6.48 Å². The van der Waals surface area contributed by atoms with Crippen molar-refractivity contribution in [3.8, 4) is 33.4 Å². The normalized spacial score (nSPS) is 18.4. The third-order valence-electron chi connectivity index (χ3n) is 13.8. The lowest BCUT2D eigenvalue weighted by Crippen LogP contribution is -2.28. The Labute approximate surface area is 356 Å². The van der Waals surface area contributed by atoms with Crippen molar-refractivity contribution in [3.05, 3.63) is 258 Å². The Balaban J connectivity index is 1.04. The van der Waals surface area contributed by atoms with Gasteiger partial charge in [0, 0.05) is 34.4 Å². The third-order valence-corrected chi connectivity index (χ3v) is 13.8. The molecule has 0 saturated heterocycles. The number of allylic oxidation sites excluding steroid dienone is 2. The Bertz CT molecular complexity index is 3270. The summed E-state index contributed by atoms with van der Waals surface area (Å²) in [7, 11) is 0. The summed E-state index contributed by atoms with van der Waals surface area (Å²) in [5, 5.41) is 2.57. The van der Waals surface area contributed by atoms with Gasteiger partial charge in [-0.25, -0.2) is 0 Å². The molecule has 1 spiro atoms. The molecule has 2 nitrogen and oxygen atoms in total. The fraction of sp³-hybridized carbons (Fsp3) is 0.0508. The summed E-state index contributed by atoms with van der Waals surface area (Å²) >= 11 is 0. The summed E-state index contributed by atoms with van der Waals surface area (Å²) in [6.07, 6.45) is 9.15. The maximum Gasteiger partial charge on any atom is 0.0726 e. The maximum atomic E-state index is 2.51. The summed E-state index contributed by atoms with van der Waals surface area (Å²) in [5.74, 6) is 0.238. The van der Waals surface area contributed by atoms with Crippen molar-refractivity contribution in [2.45, 2.75) is 17.4 Å². The molecule has 4 aliphatic rings. The van der Waals surface area contributed by atoms with Gasteiger partial charge in [-0.2, -0.15) is 0 Å². The van der Waals surface area contributed by atoms with Crippen LogP contribution >= 0.6 is 0 Å². The zero-order valence-electron chi connectivity index (χ0n) is 33.5. The van der Waals surface area contributed by atoms with Gasteiger partial charge in [0.25, 0.3) is 0 Å². The quantitative estimate of drug-likeness (QED) is 0.172. The minimum Gasteiger partial charge on any atom is -0.333 e. The van der Waals surface area contributed by atoms with E-state index in [0.717, 1.165) is 17.1 Å². The van der Waals surface area contributed by atoms with E-state index in [1.807, 2.05) is 0 Å². The van der Waals surface area contributed by atoms with Crippen molar-refractivity contribution in [3.63, 3.8) is 0 Å². The van der Waals surface area contributed by atoms with Crippen molar-refractivity contribution >= 4 is 39.2 Å². The lowest BCUT2D eigenvalue weighted by atomic mass is 9.70. The molecule has 3 atom stereocenters. The highest BCUT2D eigenvalue weighted by Crippen LogP contribution is 2.64. The Hall–Kier alpha value is -7.68. The summed E-state index contributed by atoms with van der Waals surface area (Å²) in [6.45, 7) is 0. The Morgan fingerprint density at radius 3 is 1.89 bits per heavy atom. The molecule has 2 heteroatoms. The van der Waals surface area contributed by atoms with E-state index in [0.29, 0.717) is 0 Å². The van der Waals surface area contributed by atoms with Crippen LogP contribution in [0.2, 0.25) is 0 Å². The number of hydrogen-bond acceptors (Lipinski definition) is 2. The minimum atomic E-state index is -0.471. The van der Waals surface area contributed by atoms with Gasteiger partial charge in [-0.1, -0.05) is 176 Å². The zero-order chi connectivity index (χ0) is 40.1. The molecule has 0 fully saturated rings. The van der Waals surface area contributed by atoms with Gasteiger partial charge < -0.3 is 9.80 Å². The van der Waals surface area contributed by atoms with Crippen molar-refractivity contribution in [2.24, 2.45) is 0 Å². The fourth-order valence-electron chi connectivity index (χ4n) is 11.3. The molecular weight excluding hydrogens is 737 g/mol. The maximum absolute atomic E-state index is 2.51. The molecular formula is C59H40N2. The number of anilines is 5. The van der Waals surface area contributed by atoms with Crippen molar-refractivity contribution in [1.29, 1.82) is 0 Å². The number of hydrogen-bond donors (Lipinski definition) is 0. The molecule has 61 heavy (non-hydrogen) atoms. The smallest absolute Gasteiger partial charge is 0.0726 e. The second-order valence-electron chi connectivity index (χ2n) is 16.8. The summed E-state index contributed by atoms with van der Waals surface area (Å²) in [4.78, 5) is 4.99. The van der Waals surface area contributed by atoms with E-state index in [4.69, 9.17) is 0 Å². The van der Waals surface area contributed by atoms with E-state index in [1.54, 1.807) is 0 Å². The van der Waals surface area contributed by atoms with Crippen LogP contribution in [0.4, 0.5) is 28.4 Å². The van der Waals surface area contributed by atoms with Crippen LogP contribution in [0.25, 0.3) is 44.2 Å². The van der Waals surface area contributed by atoms with Gasteiger partial charge in [0.2, 0.25) is 0 Å². The van der Waals surface area contributed by atoms with Crippen molar-refractivity contribution < 1.29 is 0 Å². The van der Waals surface area contributed by atoms with E-state index in [9.17, 15) is 0 Å². The molecule has 0 aromatic heterocycles. The van der Waals surface area contributed by atoms with Crippen LogP contribution in [0.1, 0.15) is 33.7 Å². The molecule has 286 valence electrons. The van der Waals surface area contributed by atoms with Gasteiger partial charge in [0.1, 0.15) is 0 Å². The SMILES string of the molecule is C1=CC2c3cc(N(c4ccc(-c5ccccc5)cc4)c4ccc5c(c4)C4(c6ccccc6-5)c5ccccc5-c5c4ccc4ccccc54)ccc3N(c3ccccc3)C2C=C1. The number of para-hydroxylation sites is 1. The largest absolute Gasteiger partial charge is 0.333 e. The highest BCUT2D eigenvalue weighted by Gasteiger charge is 2.52. The number of nitrogens with zero attached hydrogens (tertiary/aromatic N) is 2. The monoisotopic (exact) mass is 776 g/mol. The van der Waals surface area contributed by atoms with Gasteiger partial charge in [-0.3, -0.25) is 0 Å². The Morgan fingerprint density at radius 2 is 1.05 bits per heavy atom. The standard InChI is InChI=1S/C59H40N2/c1-3-15-39(16-4-1)40-27-30-43(31-28-40)60(44-33-36-57-51(37-44)49-22-11-14-26-56(49)61(57)42-18-5-2-6-19-42)45-32-34-48-47-21-9-12-24-52(47)59(55(48)38-45)53-25-13-10-23-50(53)58-46-20-8-7-17-41(46)29-35-54(58)59/h1-38,49,56H. The van der Waals surface area contributed by atoms with Gasteiger partial charge >= 0.3 is 0 Å². The van der Waals surface area contributed by atoms with E-state index in [-0.39, 0.29) is 12.0 Å². The molecule has 0 N–H and O–H groups in total. The molecule has 3 unspecified atom stereocenters. The van der Waals surface area contributed by atoms with Crippen LogP contribution < -0.4 is 9.80 Å². The summed E-state index contributed by atoms with van der Waals surface area (Å²) in [5.41, 5.74) is 19.8. The summed E-state index contributed by atoms with van der Waals surface area (Å²) in [6, 6.07) is 77.1. The summed E-state index contributed by atoms with van der Waals surface area (Å²) < 4.78 is 0. The van der Waals surface area contributed by atoms with E-state index in [2.05, 4.69) is 240 Å². The van der Waals surface area contributed by atoms with Crippen LogP contribution in [0.3, 0.4) is 0 Å². The second kappa shape index (κ2) is 13.2. The van der Waals surface area contributed by atoms with Crippen LogP contribution in [-0.2, 0) is 5.41 Å². The minimum absolute atomic E-state index is 0.216. The average Bonchev–Trinajstić information content (AvgIpc) is 3.94. The first-order valence-electron chi connectivity index (χ1n) is 21.4. The molecule has 1 heterocycles. The first-order valence-corrected chi connectivity index (χ1v) is 21.4. The molecule has 9 aromatic rings. The fourth-order valence-corrected chi connectivity index (χ4v) is 11.3. The van der Waals surface area contributed by atoms with Gasteiger partial charge in [-0.05, 0) is 127 Å². The molecule has 0 radical (unpaired) electrons. The van der Waals surface area contributed by atoms with Crippen LogP contribution in [0.5, 0.6) is 0 Å². The highest BCUT2D eigenvalue weighted by molar-refractivity contribution is 6.06. The first-order chi connectivity index (χ1) is 30.3. The van der Waals surface area contributed by atoms with Crippen LogP contribution in [0.15, 0.2) is 231 Å². The van der Waals surface area contributed by atoms with E-state index in [1.165, 1.54) is 83.3 Å². The van der Waals surface area contributed by atoms with E-state index < -0.39 is 5.41 Å². The molecule has 0 amide bonds. The first kappa shape index (κ1) is 34.2. The van der Waals surface area contributed by atoms with Crippen LogP contribution in [-0.4, -0.2) is 6.04 Å². The number of benzene rings is 9. The van der Waals surface area contributed by atoms with Crippen molar-refractivity contribution in [1.82, 2.24) is 0 Å².